The average molecular weight is 476 g/mol. The maximum atomic E-state index is 12.6. The number of amides is 2. The van der Waals surface area contributed by atoms with Gasteiger partial charge in [-0.05, 0) is 24.3 Å². The van der Waals surface area contributed by atoms with E-state index in [4.69, 9.17) is 5.11 Å². The van der Waals surface area contributed by atoms with Crippen LogP contribution in [0.3, 0.4) is 0 Å². The van der Waals surface area contributed by atoms with Crippen molar-refractivity contribution in [1.82, 2.24) is 0 Å². The summed E-state index contributed by atoms with van der Waals surface area (Å²) >= 11 is 0. The molecule has 0 aliphatic carbocycles. The molecule has 3 N–H and O–H groups in total. The Kier molecular flexibility index (Phi) is 5.56. The van der Waals surface area contributed by atoms with Crippen molar-refractivity contribution in [2.24, 2.45) is 0 Å². The van der Waals surface area contributed by atoms with E-state index in [1.807, 2.05) is 5.32 Å². The number of rotatable bonds is 1. The summed E-state index contributed by atoms with van der Waals surface area (Å²) < 4.78 is 79.5. The molecular formula is C19H10F6N2O6. The molecule has 0 radical (unpaired) electrons. The minimum absolute atomic E-state index is 0.111. The molecule has 0 bridgehead atoms. The normalized spacial score (nSPS) is 14.8. The number of carbonyl (C=O) groups is 4. The van der Waals surface area contributed by atoms with Crippen LogP contribution in [-0.4, -0.2) is 35.6 Å². The summed E-state index contributed by atoms with van der Waals surface area (Å²) in [6.45, 7) is 0. The molecule has 33 heavy (non-hydrogen) atoms. The third kappa shape index (κ3) is 4.31. The maximum Gasteiger partial charge on any atom is 0.420 e. The van der Waals surface area contributed by atoms with E-state index < -0.39 is 58.4 Å². The van der Waals surface area contributed by atoms with Crippen LogP contribution in [0.15, 0.2) is 24.3 Å². The highest BCUT2D eigenvalue weighted by Gasteiger charge is 2.39. The van der Waals surface area contributed by atoms with Gasteiger partial charge in [-0.25, -0.2) is 0 Å². The Morgan fingerprint density at radius 1 is 0.727 bits per heavy atom. The number of alkyl halides is 6. The fourth-order valence-electron chi connectivity index (χ4n) is 2.97. The fourth-order valence-corrected chi connectivity index (χ4v) is 2.97. The number of fused-ring (bicyclic) bond motifs is 2. The Labute approximate surface area is 179 Å². The minimum Gasteiger partial charge on any atom is -0.507 e. The van der Waals surface area contributed by atoms with E-state index in [-0.39, 0.29) is 22.5 Å². The van der Waals surface area contributed by atoms with Gasteiger partial charge in [-0.15, -0.1) is 0 Å². The van der Waals surface area contributed by atoms with Crippen LogP contribution in [0.1, 0.15) is 31.8 Å². The van der Waals surface area contributed by atoms with Crippen LogP contribution >= 0.6 is 0 Å². The molecule has 4 rings (SSSR count). The molecule has 2 aliphatic rings. The number of anilines is 2. The van der Waals surface area contributed by atoms with E-state index in [0.717, 1.165) is 13.2 Å². The first-order valence-electron chi connectivity index (χ1n) is 8.60. The number of hydrogen-bond donors (Lipinski definition) is 3. The molecule has 2 aromatic carbocycles. The molecule has 0 unspecified atom stereocenters. The van der Waals surface area contributed by atoms with Gasteiger partial charge in [0.05, 0.1) is 40.7 Å². The Morgan fingerprint density at radius 2 is 1.15 bits per heavy atom. The van der Waals surface area contributed by atoms with Crippen molar-refractivity contribution in [3.8, 4) is 11.5 Å². The molecule has 0 saturated carbocycles. The monoisotopic (exact) mass is 476 g/mol. The van der Waals surface area contributed by atoms with Gasteiger partial charge in [0.25, 0.3) is 23.4 Å². The minimum atomic E-state index is -4.74. The van der Waals surface area contributed by atoms with Crippen LogP contribution in [0.25, 0.3) is 0 Å². The van der Waals surface area contributed by atoms with Crippen molar-refractivity contribution in [2.45, 2.75) is 12.4 Å². The number of halogens is 6. The van der Waals surface area contributed by atoms with E-state index in [0.29, 0.717) is 18.2 Å². The molecule has 174 valence electrons. The van der Waals surface area contributed by atoms with Crippen molar-refractivity contribution in [3.05, 3.63) is 46.5 Å². The molecule has 0 saturated heterocycles. The number of Topliss-reactive ketones (excluding diaryl/α,β-unsaturated/α-hetero) is 2. The third-order valence-electron chi connectivity index (χ3n) is 4.48. The van der Waals surface area contributed by atoms with Crippen LogP contribution in [0.5, 0.6) is 11.5 Å². The van der Waals surface area contributed by atoms with Gasteiger partial charge in [-0.2, -0.15) is 26.3 Å². The highest BCUT2D eigenvalue weighted by Crippen LogP contribution is 2.41. The maximum absolute atomic E-state index is 12.6. The van der Waals surface area contributed by atoms with Gasteiger partial charge in [0.1, 0.15) is 11.5 Å². The SMILES string of the molecule is COc1cc2c(cc1C(F)(F)F)NC(=O)C2=O.O=C1Nc2cc(C(F)(F)F)c(O)cc2C1=O. The first kappa shape index (κ1) is 23.6. The van der Waals surface area contributed by atoms with E-state index >= 15 is 0 Å². The number of benzene rings is 2. The van der Waals surface area contributed by atoms with Crippen molar-refractivity contribution < 1.29 is 55.4 Å². The largest absolute Gasteiger partial charge is 0.507 e. The van der Waals surface area contributed by atoms with Gasteiger partial charge in [-0.1, -0.05) is 0 Å². The number of methoxy groups -OCH3 is 1. The lowest BCUT2D eigenvalue weighted by atomic mass is 10.1. The molecule has 14 heteroatoms. The summed E-state index contributed by atoms with van der Waals surface area (Å²) in [4.78, 5) is 44.3. The summed E-state index contributed by atoms with van der Waals surface area (Å²) in [5.74, 6) is -5.33. The van der Waals surface area contributed by atoms with Crippen LogP contribution < -0.4 is 15.4 Å². The molecule has 2 aliphatic heterocycles. The first-order chi connectivity index (χ1) is 15.1. The number of nitrogens with one attached hydrogen (secondary N) is 2. The number of hydrogen-bond acceptors (Lipinski definition) is 6. The number of phenols is 1. The third-order valence-corrected chi connectivity index (χ3v) is 4.48. The lowest BCUT2D eigenvalue weighted by Gasteiger charge is -2.13. The molecule has 2 amide bonds. The van der Waals surface area contributed by atoms with Crippen LogP contribution in [-0.2, 0) is 21.9 Å². The van der Waals surface area contributed by atoms with Crippen LogP contribution in [0, 0.1) is 0 Å². The van der Waals surface area contributed by atoms with Crippen molar-refractivity contribution in [1.29, 1.82) is 0 Å². The molecule has 0 spiro atoms. The second kappa shape index (κ2) is 7.79. The number of ether oxygens (including phenoxy) is 1. The van der Waals surface area contributed by atoms with E-state index in [2.05, 4.69) is 10.1 Å². The second-order valence-electron chi connectivity index (χ2n) is 6.58. The van der Waals surface area contributed by atoms with Crippen molar-refractivity contribution >= 4 is 34.8 Å². The van der Waals surface area contributed by atoms with Crippen molar-refractivity contribution in [2.75, 3.05) is 17.7 Å². The highest BCUT2D eigenvalue weighted by molar-refractivity contribution is 6.52. The number of phenolic OH excluding ortho intramolecular Hbond substituents is 1. The smallest absolute Gasteiger partial charge is 0.420 e. The Morgan fingerprint density at radius 3 is 1.58 bits per heavy atom. The van der Waals surface area contributed by atoms with Gasteiger partial charge in [-0.3, -0.25) is 19.2 Å². The van der Waals surface area contributed by atoms with Crippen LogP contribution in [0.2, 0.25) is 0 Å². The summed E-state index contributed by atoms with van der Waals surface area (Å²) in [5.41, 5.74) is -3.07. The summed E-state index contributed by atoms with van der Waals surface area (Å²) in [5, 5.41) is 13.2. The summed E-state index contributed by atoms with van der Waals surface area (Å²) in [7, 11) is 1.06. The topological polar surface area (TPSA) is 122 Å². The van der Waals surface area contributed by atoms with Gasteiger partial charge in [0.15, 0.2) is 0 Å². The van der Waals surface area contributed by atoms with Gasteiger partial charge in [0, 0.05) is 0 Å². The predicted molar refractivity (Wildman–Crippen MR) is 97.0 cm³/mol. The second-order valence-corrected chi connectivity index (χ2v) is 6.58. The average Bonchev–Trinajstić information content (AvgIpc) is 3.14. The Balaban J connectivity index is 0.000000186. The zero-order chi connectivity index (χ0) is 24.9. The Hall–Kier alpha value is -4.10. The first-order valence-corrected chi connectivity index (χ1v) is 8.60. The number of carbonyl (C=O) groups excluding carboxylic acids is 4. The zero-order valence-electron chi connectivity index (χ0n) is 16.1. The summed E-state index contributed by atoms with van der Waals surface area (Å²) in [6.07, 6.45) is -9.35. The standard InChI is InChI=1S/C10H6F3NO3.C9H4F3NO3/c1-17-7-2-4-6(14-9(16)8(4)15)3-5(7)10(11,12)13;10-9(11,12)4-2-5-3(1-6(4)14)7(15)8(16)13-5/h2-3H,1H3,(H,14,15,16);1-2,14H,(H,13,15,16). The van der Waals surface area contributed by atoms with Crippen LogP contribution in [0.4, 0.5) is 37.7 Å². The van der Waals surface area contributed by atoms with Crippen molar-refractivity contribution in [3.63, 3.8) is 0 Å². The fraction of sp³-hybridized carbons (Fsp3) is 0.158. The Bertz CT molecular complexity index is 1220. The molecule has 2 heterocycles. The number of aromatic hydroxyl groups is 1. The van der Waals surface area contributed by atoms with E-state index in [1.165, 1.54) is 0 Å². The summed E-state index contributed by atoms with van der Waals surface area (Å²) in [6, 6.07) is 2.78. The lowest BCUT2D eigenvalue weighted by Crippen LogP contribution is -2.12. The van der Waals surface area contributed by atoms with E-state index in [1.54, 1.807) is 0 Å². The molecule has 2 aromatic rings. The molecule has 0 fully saturated rings. The highest BCUT2D eigenvalue weighted by atomic mass is 19.4. The van der Waals surface area contributed by atoms with Gasteiger partial charge in [0.2, 0.25) is 0 Å². The molecular weight excluding hydrogens is 466 g/mol. The quantitative estimate of drug-likeness (QED) is 0.330. The van der Waals surface area contributed by atoms with E-state index in [9.17, 15) is 45.5 Å². The molecule has 0 atom stereocenters. The lowest BCUT2D eigenvalue weighted by molar-refractivity contribution is -0.139. The zero-order valence-corrected chi connectivity index (χ0v) is 16.1. The predicted octanol–water partition coefficient (Wildman–Crippen LogP) is 3.39. The van der Waals surface area contributed by atoms with Gasteiger partial charge >= 0.3 is 12.4 Å². The molecule has 0 aromatic heterocycles. The molecule has 8 nitrogen and oxygen atoms in total. The number of ketones is 2. The van der Waals surface area contributed by atoms with Gasteiger partial charge < -0.3 is 20.5 Å².